The second-order valence-corrected chi connectivity index (χ2v) is 11.0. The molecule has 2 aromatic rings. The number of Topliss-reactive ketones (excluding diaryl/α,β-unsaturated/α-hetero) is 1. The number of rotatable bonds is 14. The maximum Gasteiger partial charge on any atom is 0.290 e. The molecular weight excluding hydrogens is 532 g/mol. The van der Waals surface area contributed by atoms with Gasteiger partial charge in [-0.2, -0.15) is 0 Å². The molecule has 12 heteroatoms. The van der Waals surface area contributed by atoms with E-state index in [1.807, 2.05) is 0 Å². The van der Waals surface area contributed by atoms with Crippen LogP contribution < -0.4 is 20.7 Å². The van der Waals surface area contributed by atoms with Crippen LogP contribution in [0.1, 0.15) is 60.8 Å². The zero-order valence-electron chi connectivity index (χ0n) is 23.6. The van der Waals surface area contributed by atoms with Crippen molar-refractivity contribution in [1.29, 1.82) is 0 Å². The Morgan fingerprint density at radius 3 is 2.24 bits per heavy atom. The molecule has 222 valence electrons. The number of hydrogen-bond acceptors (Lipinski definition) is 9. The number of carbonyl (C=O) groups is 4. The van der Waals surface area contributed by atoms with Crippen LogP contribution in [0.4, 0.5) is 0 Å². The van der Waals surface area contributed by atoms with E-state index in [9.17, 15) is 24.3 Å². The van der Waals surface area contributed by atoms with Crippen molar-refractivity contribution in [1.82, 2.24) is 21.1 Å². The molecule has 1 aliphatic carbocycles. The topological polar surface area (TPSA) is 172 Å². The molecule has 3 amide bonds. The first-order valence-corrected chi connectivity index (χ1v) is 13.9. The third kappa shape index (κ3) is 7.92. The summed E-state index contributed by atoms with van der Waals surface area (Å²) < 4.78 is 15.5. The lowest BCUT2D eigenvalue weighted by Crippen LogP contribution is -2.58. The predicted molar refractivity (Wildman–Crippen MR) is 146 cm³/mol. The quantitative estimate of drug-likeness (QED) is 0.244. The van der Waals surface area contributed by atoms with E-state index in [4.69, 9.17) is 14.0 Å². The molecule has 4 atom stereocenters. The van der Waals surface area contributed by atoms with Crippen molar-refractivity contribution >= 4 is 23.5 Å². The van der Waals surface area contributed by atoms with Crippen molar-refractivity contribution in [3.8, 4) is 5.75 Å². The maximum absolute atomic E-state index is 13.7. The molecule has 1 saturated carbocycles. The van der Waals surface area contributed by atoms with Crippen LogP contribution in [0.5, 0.6) is 5.75 Å². The number of nitrogens with zero attached hydrogens (tertiary/aromatic N) is 1. The Balaban J connectivity index is 1.51. The summed E-state index contributed by atoms with van der Waals surface area (Å²) in [7, 11) is 1.54. The highest BCUT2D eigenvalue weighted by atomic mass is 16.6. The van der Waals surface area contributed by atoms with Gasteiger partial charge in [0.2, 0.25) is 17.6 Å². The third-order valence-electron chi connectivity index (χ3n) is 7.66. The van der Waals surface area contributed by atoms with Crippen LogP contribution in [-0.2, 0) is 25.5 Å². The molecule has 2 aliphatic rings. The lowest BCUT2D eigenvalue weighted by molar-refractivity contribution is -0.133. The molecular formula is C29H38N4O8. The smallest absolute Gasteiger partial charge is 0.290 e. The number of aromatic nitrogens is 1. The van der Waals surface area contributed by atoms with Gasteiger partial charge >= 0.3 is 0 Å². The zero-order chi connectivity index (χ0) is 29.6. The van der Waals surface area contributed by atoms with Gasteiger partial charge in [0.1, 0.15) is 23.4 Å². The van der Waals surface area contributed by atoms with E-state index in [-0.39, 0.29) is 18.0 Å². The highest BCUT2D eigenvalue weighted by molar-refractivity contribution is 5.99. The third-order valence-corrected chi connectivity index (χ3v) is 7.66. The number of hydrogen-bond donors (Lipinski definition) is 4. The summed E-state index contributed by atoms with van der Waals surface area (Å²) in [5.74, 6) is -1.43. The number of aliphatic hydroxyl groups excluding tert-OH is 1. The summed E-state index contributed by atoms with van der Waals surface area (Å²) in [6.45, 7) is 2.93. The van der Waals surface area contributed by atoms with E-state index in [0.29, 0.717) is 30.4 Å². The minimum Gasteiger partial charge on any atom is -0.497 e. The first-order chi connectivity index (χ1) is 19.6. The number of aryl methyl sites for hydroxylation is 1. The summed E-state index contributed by atoms with van der Waals surface area (Å²) >= 11 is 0. The summed E-state index contributed by atoms with van der Waals surface area (Å²) in [5.41, 5.74) is 0.282. The van der Waals surface area contributed by atoms with Gasteiger partial charge in [-0.3, -0.25) is 19.2 Å². The first kappa shape index (κ1) is 30.2. The van der Waals surface area contributed by atoms with Crippen molar-refractivity contribution < 1.29 is 38.3 Å². The Hall–Kier alpha value is -3.77. The second-order valence-electron chi connectivity index (χ2n) is 11.0. The number of ketones is 1. The molecule has 1 aliphatic heterocycles. The van der Waals surface area contributed by atoms with E-state index in [1.165, 1.54) is 6.07 Å². The number of nitrogens with one attached hydrogen (secondary N) is 3. The molecule has 0 radical (unpaired) electrons. The summed E-state index contributed by atoms with van der Waals surface area (Å²) in [5, 5.41) is 21.5. The molecule has 0 unspecified atom stereocenters. The predicted octanol–water partition coefficient (Wildman–Crippen LogP) is 1.23. The molecule has 12 nitrogen and oxygen atoms in total. The molecule has 1 saturated heterocycles. The van der Waals surface area contributed by atoms with E-state index >= 15 is 0 Å². The lowest BCUT2D eigenvalue weighted by Gasteiger charge is -2.27. The highest BCUT2D eigenvalue weighted by Gasteiger charge is 2.50. The second kappa shape index (κ2) is 13.3. The molecule has 4 rings (SSSR count). The van der Waals surface area contributed by atoms with Gasteiger partial charge in [-0.1, -0.05) is 43.0 Å². The van der Waals surface area contributed by atoms with Gasteiger partial charge in [0.05, 0.1) is 32.1 Å². The van der Waals surface area contributed by atoms with Crippen LogP contribution in [0.2, 0.25) is 0 Å². The Morgan fingerprint density at radius 2 is 1.68 bits per heavy atom. The minimum atomic E-state index is -1.37. The Morgan fingerprint density at radius 1 is 1.05 bits per heavy atom. The molecule has 1 aromatic carbocycles. The molecule has 0 spiro atoms. The van der Waals surface area contributed by atoms with Gasteiger partial charge < -0.3 is 35.1 Å². The number of methoxy groups -OCH3 is 1. The van der Waals surface area contributed by atoms with E-state index in [2.05, 4.69) is 21.1 Å². The van der Waals surface area contributed by atoms with Gasteiger partial charge in [0, 0.05) is 12.5 Å². The largest absolute Gasteiger partial charge is 0.497 e. The van der Waals surface area contributed by atoms with Crippen LogP contribution in [0.25, 0.3) is 0 Å². The normalized spacial score (nSPS) is 20.5. The van der Waals surface area contributed by atoms with Crippen LogP contribution in [0, 0.1) is 12.8 Å². The number of ether oxygens (including phenoxy) is 2. The van der Waals surface area contributed by atoms with Gasteiger partial charge in [-0.05, 0) is 43.9 Å². The average molecular weight is 571 g/mol. The van der Waals surface area contributed by atoms with Gasteiger partial charge in [0.15, 0.2) is 5.78 Å². The van der Waals surface area contributed by atoms with E-state index in [0.717, 1.165) is 31.2 Å². The van der Waals surface area contributed by atoms with Crippen molar-refractivity contribution in [2.45, 2.75) is 76.1 Å². The van der Waals surface area contributed by atoms with Crippen molar-refractivity contribution in [2.75, 3.05) is 20.3 Å². The van der Waals surface area contributed by atoms with Crippen molar-refractivity contribution in [3.05, 3.63) is 47.3 Å². The number of amides is 3. The van der Waals surface area contributed by atoms with Gasteiger partial charge in [0.25, 0.3) is 5.91 Å². The zero-order valence-corrected chi connectivity index (χ0v) is 23.6. The first-order valence-electron chi connectivity index (χ1n) is 13.9. The molecule has 2 heterocycles. The van der Waals surface area contributed by atoms with E-state index < -0.39 is 48.1 Å². The van der Waals surface area contributed by atoms with Gasteiger partial charge in [-0.15, -0.1) is 0 Å². The van der Waals surface area contributed by atoms with Crippen LogP contribution in [0.15, 0.2) is 34.9 Å². The van der Waals surface area contributed by atoms with E-state index in [1.54, 1.807) is 45.2 Å². The monoisotopic (exact) mass is 570 g/mol. The summed E-state index contributed by atoms with van der Waals surface area (Å²) in [4.78, 5) is 52.7. The summed E-state index contributed by atoms with van der Waals surface area (Å²) in [6, 6.07) is 5.16. The van der Waals surface area contributed by atoms with Gasteiger partial charge in [-0.25, -0.2) is 0 Å². The van der Waals surface area contributed by atoms with Crippen molar-refractivity contribution in [3.63, 3.8) is 0 Å². The Labute approximate surface area is 238 Å². The van der Waals surface area contributed by atoms with Crippen LogP contribution in [0.3, 0.4) is 0 Å². The van der Waals surface area contributed by atoms with Crippen LogP contribution in [-0.4, -0.2) is 77.8 Å². The fraction of sp³-hybridized carbons (Fsp3) is 0.552. The minimum absolute atomic E-state index is 0.0903. The highest BCUT2D eigenvalue weighted by Crippen LogP contribution is 2.33. The number of aliphatic hydroxyl groups is 1. The number of benzene rings is 1. The molecule has 2 fully saturated rings. The molecule has 1 aromatic heterocycles. The fourth-order valence-electron chi connectivity index (χ4n) is 5.08. The maximum atomic E-state index is 13.7. The Bertz CT molecular complexity index is 1230. The van der Waals surface area contributed by atoms with Crippen LogP contribution >= 0.6 is 0 Å². The standard InChI is InChI=1S/C29H38N4O8/c1-17-12-24(41-33-17)28(38)32-23(15-34)27(37)31-22(14-19-8-10-20(39-3)11-9-19)26(36)30-21(13-18-6-4-5-7-18)25(35)29(2)16-40-29/h8-12,18,21-23,34H,4-7,13-16H2,1-3H3,(H,30,36)(H,31,37)(H,32,38)/t21-,22-,23+,29-/m0/s1. The summed E-state index contributed by atoms with van der Waals surface area (Å²) in [6.07, 6.45) is 4.75. The van der Waals surface area contributed by atoms with Crippen molar-refractivity contribution in [2.24, 2.45) is 5.92 Å². The number of carbonyl (C=O) groups excluding carboxylic acids is 4. The molecule has 41 heavy (non-hydrogen) atoms. The average Bonchev–Trinajstić information content (AvgIpc) is 3.30. The molecule has 0 bridgehead atoms. The lowest BCUT2D eigenvalue weighted by atomic mass is 9.90. The number of epoxide rings is 1. The molecule has 4 N–H and O–H groups in total. The fourth-order valence-corrected chi connectivity index (χ4v) is 5.08. The SMILES string of the molecule is COc1ccc(C[C@H](NC(=O)[C@@H](CO)NC(=O)c2cc(C)no2)C(=O)N[C@@H](CC2CCCC2)C(=O)[C@]2(C)CO2)cc1. The Kier molecular flexibility index (Phi) is 9.77.